The van der Waals surface area contributed by atoms with Crippen molar-refractivity contribution in [3.05, 3.63) is 12.2 Å². The number of piperidine rings is 1. The second kappa shape index (κ2) is 3.40. The quantitative estimate of drug-likeness (QED) is 0.570. The first-order valence-corrected chi connectivity index (χ1v) is 4.59. The van der Waals surface area contributed by atoms with Crippen LogP contribution in [0.2, 0.25) is 0 Å². The van der Waals surface area contributed by atoms with Gasteiger partial charge in [0.1, 0.15) is 0 Å². The Balaban J connectivity index is 2.59. The fourth-order valence-electron chi connectivity index (χ4n) is 1.96. The predicted octanol–water partition coefficient (Wildman–Crippen LogP) is 2.34. The molecule has 0 aromatic rings. The van der Waals surface area contributed by atoms with Crippen LogP contribution >= 0.6 is 0 Å². The van der Waals surface area contributed by atoms with Gasteiger partial charge in [-0.05, 0) is 32.6 Å². The fraction of sp³-hybridized carbons (Fsp3) is 0.800. The van der Waals surface area contributed by atoms with Gasteiger partial charge in [0.2, 0.25) is 0 Å². The predicted molar refractivity (Wildman–Crippen MR) is 49.6 cm³/mol. The molecule has 1 fully saturated rings. The van der Waals surface area contributed by atoms with Crippen LogP contribution in [0.4, 0.5) is 0 Å². The Hall–Kier alpha value is -0.300. The molecule has 0 saturated carbocycles. The van der Waals surface area contributed by atoms with E-state index < -0.39 is 0 Å². The van der Waals surface area contributed by atoms with Crippen LogP contribution in [-0.4, -0.2) is 12.1 Å². The van der Waals surface area contributed by atoms with Crippen molar-refractivity contribution in [2.75, 3.05) is 0 Å². The van der Waals surface area contributed by atoms with Crippen LogP contribution in [0.25, 0.3) is 0 Å². The lowest BCUT2D eigenvalue weighted by Gasteiger charge is -2.34. The maximum atomic E-state index is 4.12. The molecule has 1 aliphatic heterocycles. The second-order valence-corrected chi connectivity index (χ2v) is 3.71. The molecule has 1 rings (SSSR count). The SMILES string of the molecule is C=C1C(CC)CC(C)NC1C. The van der Waals surface area contributed by atoms with Crippen LogP contribution in [0.1, 0.15) is 33.6 Å². The Labute approximate surface area is 69.9 Å². The Morgan fingerprint density at radius 3 is 2.73 bits per heavy atom. The summed E-state index contributed by atoms with van der Waals surface area (Å²) < 4.78 is 0. The largest absolute Gasteiger partial charge is 0.308 e. The zero-order chi connectivity index (χ0) is 8.43. The van der Waals surface area contributed by atoms with Gasteiger partial charge < -0.3 is 5.32 Å². The maximum absolute atomic E-state index is 4.12. The average Bonchev–Trinajstić information content (AvgIpc) is 1.96. The van der Waals surface area contributed by atoms with E-state index in [1.165, 1.54) is 18.4 Å². The number of hydrogen-bond acceptors (Lipinski definition) is 1. The molecule has 0 bridgehead atoms. The Morgan fingerprint density at radius 2 is 2.18 bits per heavy atom. The Morgan fingerprint density at radius 1 is 1.55 bits per heavy atom. The molecular formula is C10H19N. The standard InChI is InChI=1S/C10H19N/c1-5-10-6-7(2)11-9(4)8(10)3/h7,9-11H,3,5-6H2,1-2,4H3. The van der Waals surface area contributed by atoms with E-state index in [1.807, 2.05) is 0 Å². The number of rotatable bonds is 1. The van der Waals surface area contributed by atoms with Crippen LogP contribution < -0.4 is 5.32 Å². The summed E-state index contributed by atoms with van der Waals surface area (Å²) in [5.74, 6) is 0.751. The van der Waals surface area contributed by atoms with E-state index in [0.29, 0.717) is 12.1 Å². The van der Waals surface area contributed by atoms with Gasteiger partial charge in [0, 0.05) is 12.1 Å². The molecule has 0 aliphatic carbocycles. The van der Waals surface area contributed by atoms with Gasteiger partial charge in [-0.25, -0.2) is 0 Å². The van der Waals surface area contributed by atoms with Gasteiger partial charge >= 0.3 is 0 Å². The fourth-order valence-corrected chi connectivity index (χ4v) is 1.96. The minimum Gasteiger partial charge on any atom is -0.308 e. The van der Waals surface area contributed by atoms with Crippen molar-refractivity contribution in [2.24, 2.45) is 5.92 Å². The molecule has 3 unspecified atom stereocenters. The van der Waals surface area contributed by atoms with Gasteiger partial charge in [0.15, 0.2) is 0 Å². The summed E-state index contributed by atoms with van der Waals surface area (Å²) in [5, 5.41) is 3.49. The summed E-state index contributed by atoms with van der Waals surface area (Å²) in [6.45, 7) is 10.8. The zero-order valence-electron chi connectivity index (χ0n) is 7.85. The lowest BCUT2D eigenvalue weighted by atomic mass is 9.83. The Bertz CT molecular complexity index is 151. The van der Waals surface area contributed by atoms with Gasteiger partial charge in [0.25, 0.3) is 0 Å². The van der Waals surface area contributed by atoms with Crippen LogP contribution in [0.15, 0.2) is 12.2 Å². The first-order valence-electron chi connectivity index (χ1n) is 4.59. The van der Waals surface area contributed by atoms with Crippen LogP contribution in [0, 0.1) is 5.92 Å². The lowest BCUT2D eigenvalue weighted by Crippen LogP contribution is -2.43. The van der Waals surface area contributed by atoms with Crippen LogP contribution in [-0.2, 0) is 0 Å². The third-order valence-electron chi connectivity index (χ3n) is 2.75. The van der Waals surface area contributed by atoms with Crippen molar-refractivity contribution in [1.82, 2.24) is 5.32 Å². The smallest absolute Gasteiger partial charge is 0.0253 e. The molecular weight excluding hydrogens is 134 g/mol. The molecule has 1 N–H and O–H groups in total. The molecule has 1 heteroatoms. The minimum absolute atomic E-state index is 0.517. The summed E-state index contributed by atoms with van der Waals surface area (Å²) in [6, 6.07) is 1.18. The molecule has 0 spiro atoms. The number of nitrogens with one attached hydrogen (secondary N) is 1. The van der Waals surface area contributed by atoms with Crippen molar-refractivity contribution >= 4 is 0 Å². The molecule has 1 aliphatic rings. The van der Waals surface area contributed by atoms with Crippen LogP contribution in [0.3, 0.4) is 0 Å². The molecule has 1 saturated heterocycles. The van der Waals surface area contributed by atoms with Gasteiger partial charge in [-0.15, -0.1) is 0 Å². The van der Waals surface area contributed by atoms with Crippen molar-refractivity contribution in [3.8, 4) is 0 Å². The lowest BCUT2D eigenvalue weighted by molar-refractivity contribution is 0.337. The summed E-state index contributed by atoms with van der Waals surface area (Å²) >= 11 is 0. The van der Waals surface area contributed by atoms with E-state index in [9.17, 15) is 0 Å². The summed E-state index contributed by atoms with van der Waals surface area (Å²) in [5.41, 5.74) is 1.39. The highest BCUT2D eigenvalue weighted by atomic mass is 15.0. The van der Waals surface area contributed by atoms with Crippen molar-refractivity contribution in [3.63, 3.8) is 0 Å². The van der Waals surface area contributed by atoms with E-state index in [0.717, 1.165) is 5.92 Å². The molecule has 3 atom stereocenters. The average molecular weight is 153 g/mol. The third kappa shape index (κ3) is 1.84. The minimum atomic E-state index is 0.517. The third-order valence-corrected chi connectivity index (χ3v) is 2.75. The van der Waals surface area contributed by atoms with Gasteiger partial charge in [-0.2, -0.15) is 0 Å². The van der Waals surface area contributed by atoms with Crippen molar-refractivity contribution in [2.45, 2.75) is 45.7 Å². The highest BCUT2D eigenvalue weighted by molar-refractivity contribution is 5.12. The molecule has 0 radical (unpaired) electrons. The van der Waals surface area contributed by atoms with Crippen molar-refractivity contribution in [1.29, 1.82) is 0 Å². The van der Waals surface area contributed by atoms with E-state index in [4.69, 9.17) is 0 Å². The van der Waals surface area contributed by atoms with Gasteiger partial charge in [0.05, 0.1) is 0 Å². The maximum Gasteiger partial charge on any atom is 0.0253 e. The summed E-state index contributed by atoms with van der Waals surface area (Å²) in [7, 11) is 0. The summed E-state index contributed by atoms with van der Waals surface area (Å²) in [4.78, 5) is 0. The second-order valence-electron chi connectivity index (χ2n) is 3.71. The van der Waals surface area contributed by atoms with E-state index >= 15 is 0 Å². The van der Waals surface area contributed by atoms with Gasteiger partial charge in [-0.1, -0.05) is 19.1 Å². The molecule has 1 nitrogen and oxygen atoms in total. The normalized spacial score (nSPS) is 39.2. The summed E-state index contributed by atoms with van der Waals surface area (Å²) in [6.07, 6.45) is 2.51. The highest BCUT2D eigenvalue weighted by Gasteiger charge is 2.24. The molecule has 0 aromatic heterocycles. The molecule has 1 heterocycles. The van der Waals surface area contributed by atoms with E-state index in [-0.39, 0.29) is 0 Å². The molecule has 0 amide bonds. The Kier molecular flexibility index (Phi) is 2.72. The monoisotopic (exact) mass is 153 g/mol. The van der Waals surface area contributed by atoms with Gasteiger partial charge in [-0.3, -0.25) is 0 Å². The van der Waals surface area contributed by atoms with Crippen LogP contribution in [0.5, 0.6) is 0 Å². The first-order chi connectivity index (χ1) is 5.15. The van der Waals surface area contributed by atoms with Crippen molar-refractivity contribution < 1.29 is 0 Å². The molecule has 11 heavy (non-hydrogen) atoms. The van der Waals surface area contributed by atoms with E-state index in [1.54, 1.807) is 0 Å². The molecule has 64 valence electrons. The topological polar surface area (TPSA) is 12.0 Å². The van der Waals surface area contributed by atoms with E-state index in [2.05, 4.69) is 32.7 Å². The first kappa shape index (κ1) is 8.79. The highest BCUT2D eigenvalue weighted by Crippen LogP contribution is 2.26. The number of hydrogen-bond donors (Lipinski definition) is 1. The molecule has 0 aromatic carbocycles. The zero-order valence-corrected chi connectivity index (χ0v) is 7.85.